The summed E-state index contributed by atoms with van der Waals surface area (Å²) in [5, 5.41) is -7.94. The fourth-order valence-corrected chi connectivity index (χ4v) is 3.15. The molecule has 0 saturated heterocycles. The molecule has 45 heavy (non-hydrogen) atoms. The minimum atomic E-state index is -9.88. The quantitative estimate of drug-likeness (QED) is 0.196. The van der Waals surface area contributed by atoms with Gasteiger partial charge in [-0.2, -0.15) is 119 Å². The molecule has 0 heterocycles. The second-order valence-electron chi connectivity index (χ2n) is 8.04. The lowest BCUT2D eigenvalue weighted by molar-refractivity contribution is -0.483. The highest BCUT2D eigenvalue weighted by Gasteiger charge is 3.00. The monoisotopic (exact) mass is 763 g/mol. The molecule has 0 amide bonds. The van der Waals surface area contributed by atoms with Crippen molar-refractivity contribution in [1.29, 1.82) is 0 Å². The fourth-order valence-electron chi connectivity index (χ4n) is 2.43. The summed E-state index contributed by atoms with van der Waals surface area (Å²) in [6, 6.07) is 0. The van der Waals surface area contributed by atoms with E-state index in [0.29, 0.717) is 0 Å². The van der Waals surface area contributed by atoms with E-state index in [9.17, 15) is 127 Å². The Morgan fingerprint density at radius 2 is 0.467 bits per heavy atom. The highest BCUT2D eigenvalue weighted by atomic mass is 32.2. The van der Waals surface area contributed by atoms with Crippen molar-refractivity contribution < 1.29 is 127 Å². The first-order chi connectivity index (χ1) is 18.8. The van der Waals surface area contributed by atoms with Gasteiger partial charge in [0.15, 0.2) is 0 Å². The third-order valence-corrected chi connectivity index (χ3v) is 6.74. The van der Waals surface area contributed by atoms with Crippen LogP contribution in [0.1, 0.15) is 0 Å². The van der Waals surface area contributed by atoms with E-state index in [0.717, 1.165) is 0 Å². The summed E-state index contributed by atoms with van der Waals surface area (Å²) in [5.41, 5.74) is 0. The van der Waals surface area contributed by atoms with E-state index in [1.807, 2.05) is 0 Å². The Hall–Kier alpha value is -1.98. The molecule has 0 unspecified atom stereocenters. The van der Waals surface area contributed by atoms with Gasteiger partial charge in [0.05, 0.1) is 0 Å². The third-order valence-electron chi connectivity index (χ3n) is 5.27. The van der Waals surface area contributed by atoms with Crippen LogP contribution < -0.4 is 4.72 Å². The Balaban J connectivity index is 7.57. The number of nitrogens with one attached hydrogen (secondary N) is 1. The van der Waals surface area contributed by atoms with Crippen LogP contribution in [0.2, 0.25) is 0 Å². The number of alkyl halides is 27. The van der Waals surface area contributed by atoms with Crippen LogP contribution in [0, 0.1) is 0 Å². The summed E-state index contributed by atoms with van der Waals surface area (Å²) in [6.45, 7) is 0. The Labute approximate surface area is 226 Å². The minimum Gasteiger partial charge on any atom is -0.213 e. The molecule has 0 aliphatic carbocycles. The zero-order valence-corrected chi connectivity index (χ0v) is 20.2. The lowest BCUT2D eigenvalue weighted by Crippen LogP contribution is -2.79. The van der Waals surface area contributed by atoms with E-state index in [1.165, 1.54) is 0 Å². The lowest BCUT2D eigenvalue weighted by Gasteiger charge is -2.46. The maximum absolute atomic E-state index is 13.7. The zero-order chi connectivity index (χ0) is 37.7. The molecule has 0 radical (unpaired) electrons. The summed E-state index contributed by atoms with van der Waals surface area (Å²) < 4.78 is 380. The van der Waals surface area contributed by atoms with E-state index >= 15 is 0 Å². The van der Waals surface area contributed by atoms with Crippen LogP contribution in [0.25, 0.3) is 0 Å². The summed E-state index contributed by atoms with van der Waals surface area (Å²) in [4.78, 5) is 0. The average molecular weight is 763 g/mol. The van der Waals surface area contributed by atoms with E-state index in [2.05, 4.69) is 0 Å². The molecule has 0 aromatic heterocycles. The second-order valence-corrected chi connectivity index (χ2v) is 9.97. The van der Waals surface area contributed by atoms with E-state index in [1.54, 1.807) is 0 Å². The first-order valence-corrected chi connectivity index (χ1v) is 10.8. The van der Waals surface area contributed by atoms with Crippen LogP contribution in [-0.2, 0) is 10.0 Å². The van der Waals surface area contributed by atoms with Gasteiger partial charge in [0.25, 0.3) is 10.0 Å². The van der Waals surface area contributed by atoms with Gasteiger partial charge in [-0.3, -0.25) is 0 Å². The number of hydrogen-bond acceptors (Lipinski definition) is 2. The Bertz CT molecular complexity index is 1210. The second kappa shape index (κ2) is 10.3. The van der Waals surface area contributed by atoms with Crippen LogP contribution in [-0.4, -0.2) is 92.0 Å². The maximum atomic E-state index is 13.7. The first kappa shape index (κ1) is 43.0. The molecule has 1 N–H and O–H groups in total. The zero-order valence-electron chi connectivity index (χ0n) is 19.4. The van der Waals surface area contributed by atoms with Gasteiger partial charge in [0.1, 0.15) is 0 Å². The number of halogens is 27. The molecule has 272 valence electrons. The van der Waals surface area contributed by atoms with Crippen molar-refractivity contribution in [2.24, 2.45) is 0 Å². The van der Waals surface area contributed by atoms with Crippen LogP contribution in [0.5, 0.6) is 0 Å². The van der Waals surface area contributed by atoms with Crippen LogP contribution >= 0.6 is 0 Å². The first-order valence-electron chi connectivity index (χ1n) is 9.34. The van der Waals surface area contributed by atoms with Gasteiger partial charge in [0.2, 0.25) is 0 Å². The molecule has 0 aliphatic heterocycles. The number of sulfonamides is 1. The smallest absolute Gasteiger partial charge is 0.213 e. The Kier molecular flexibility index (Phi) is 9.81. The van der Waals surface area contributed by atoms with Crippen molar-refractivity contribution in [2.45, 2.75) is 76.6 Å². The molecule has 0 spiro atoms. The van der Waals surface area contributed by atoms with Crippen LogP contribution in [0.4, 0.5) is 119 Å². The van der Waals surface area contributed by atoms with Crippen molar-refractivity contribution in [2.75, 3.05) is 7.05 Å². The largest absolute Gasteiger partial charge is 0.460 e. The van der Waals surface area contributed by atoms with Gasteiger partial charge in [-0.05, 0) is 7.05 Å². The molecule has 0 rings (SSSR count). The van der Waals surface area contributed by atoms with Gasteiger partial charge in [-0.1, -0.05) is 0 Å². The lowest BCUT2D eigenvalue weighted by atomic mass is 9.84. The van der Waals surface area contributed by atoms with Gasteiger partial charge >= 0.3 is 76.6 Å². The van der Waals surface area contributed by atoms with Crippen molar-refractivity contribution in [3.05, 3.63) is 0 Å². The fraction of sp³-hybridized carbons (Fsp3) is 1.00. The standard InChI is InChI=1S/C14H4F27NO2S/c1-42-45(43,44)14(40,41)12(35,36)10(31,32)8(27,28)6(23,24)4(19,20)2(15,16)3(17,18)5(21,22)7(25,26)9(29,30)11(33,34)13(37,38)39/h42H,1H3. The Morgan fingerprint density at radius 3 is 0.622 bits per heavy atom. The Morgan fingerprint density at radius 1 is 0.311 bits per heavy atom. The normalized spacial score (nSPS) is 17.2. The van der Waals surface area contributed by atoms with Gasteiger partial charge in [0, 0.05) is 0 Å². The van der Waals surface area contributed by atoms with Gasteiger partial charge < -0.3 is 0 Å². The highest BCUT2D eigenvalue weighted by Crippen LogP contribution is 2.68. The molecular weight excluding hydrogens is 759 g/mol. The highest BCUT2D eigenvalue weighted by molar-refractivity contribution is 7.90. The molecule has 0 atom stereocenters. The molecule has 3 nitrogen and oxygen atoms in total. The van der Waals surface area contributed by atoms with Gasteiger partial charge in [-0.25, -0.2) is 13.1 Å². The van der Waals surface area contributed by atoms with Crippen molar-refractivity contribution in [3.8, 4) is 0 Å². The molecule has 0 aromatic rings. The SMILES string of the molecule is CNS(=O)(=O)C(F)(F)C(F)(F)C(F)(F)C(F)(F)C(F)(F)C(F)(F)C(F)(F)C(F)(F)C(F)(F)C(F)(F)C(F)(F)C(F)(F)C(F)(F)F. The predicted octanol–water partition coefficient (Wildman–Crippen LogP) is 7.68. The number of hydrogen-bond donors (Lipinski definition) is 1. The van der Waals surface area contributed by atoms with Crippen molar-refractivity contribution >= 4 is 10.0 Å². The van der Waals surface area contributed by atoms with Crippen molar-refractivity contribution in [3.63, 3.8) is 0 Å². The van der Waals surface area contributed by atoms with Crippen molar-refractivity contribution in [1.82, 2.24) is 4.72 Å². The topological polar surface area (TPSA) is 46.2 Å². The predicted molar refractivity (Wildman–Crippen MR) is 83.4 cm³/mol. The summed E-state index contributed by atoms with van der Waals surface area (Å²) in [5.74, 6) is -104. The molecule has 0 aromatic carbocycles. The molecular formula is C14H4F27NO2S. The van der Waals surface area contributed by atoms with E-state index in [4.69, 9.17) is 0 Å². The summed E-state index contributed by atoms with van der Waals surface area (Å²) >= 11 is 0. The molecule has 0 fully saturated rings. The van der Waals surface area contributed by atoms with E-state index < -0.39 is 93.6 Å². The molecule has 0 saturated carbocycles. The average Bonchev–Trinajstić information content (AvgIpc) is 2.81. The molecule has 0 bridgehead atoms. The van der Waals surface area contributed by atoms with Crippen LogP contribution in [0.15, 0.2) is 0 Å². The van der Waals surface area contributed by atoms with Crippen LogP contribution in [0.3, 0.4) is 0 Å². The molecule has 31 heteroatoms. The third kappa shape index (κ3) is 4.83. The number of rotatable bonds is 13. The summed E-state index contributed by atoms with van der Waals surface area (Å²) in [7, 11) is -8.00. The minimum absolute atomic E-state index is 0.0432. The van der Waals surface area contributed by atoms with E-state index in [-0.39, 0.29) is 4.72 Å². The molecule has 0 aliphatic rings. The van der Waals surface area contributed by atoms with Gasteiger partial charge in [-0.15, -0.1) is 0 Å². The maximum Gasteiger partial charge on any atom is 0.460 e. The summed E-state index contributed by atoms with van der Waals surface area (Å²) in [6.07, 6.45) is -8.27.